The van der Waals surface area contributed by atoms with Crippen LogP contribution in [0, 0.1) is 10.8 Å². The summed E-state index contributed by atoms with van der Waals surface area (Å²) in [6, 6.07) is 0. The van der Waals surface area contributed by atoms with E-state index in [1.54, 1.807) is 0 Å². The fraction of sp³-hybridized carbons (Fsp3) is 1.00. The Hall–Kier alpha value is -0.0800. The second kappa shape index (κ2) is 3.58. The van der Waals surface area contributed by atoms with E-state index >= 15 is 0 Å². The average Bonchev–Trinajstić information content (AvgIpc) is 1.99. The first-order valence-electron chi connectivity index (χ1n) is 5.20. The van der Waals surface area contributed by atoms with E-state index in [9.17, 15) is 5.11 Å². The van der Waals surface area contributed by atoms with E-state index in [0.717, 1.165) is 25.7 Å². The lowest BCUT2D eigenvalue weighted by Gasteiger charge is -2.49. The molecular weight excluding hydrogens is 164 g/mol. The number of aliphatic hydroxyl groups excluding tert-OH is 2. The van der Waals surface area contributed by atoms with Crippen LogP contribution >= 0.6 is 0 Å². The molecule has 0 amide bonds. The van der Waals surface area contributed by atoms with Crippen LogP contribution in [-0.2, 0) is 0 Å². The molecule has 1 rings (SSSR count). The van der Waals surface area contributed by atoms with Gasteiger partial charge in [-0.15, -0.1) is 0 Å². The molecule has 2 atom stereocenters. The second-order valence-corrected chi connectivity index (χ2v) is 5.31. The Bertz CT molecular complexity index is 177. The highest BCUT2D eigenvalue weighted by molar-refractivity contribution is 4.95. The molecule has 2 heteroatoms. The number of rotatable bonds is 2. The van der Waals surface area contributed by atoms with Crippen LogP contribution in [0.25, 0.3) is 0 Å². The van der Waals surface area contributed by atoms with Crippen LogP contribution in [0.1, 0.15) is 46.5 Å². The minimum Gasteiger partial charge on any atom is -0.396 e. The summed E-state index contributed by atoms with van der Waals surface area (Å²) in [6.07, 6.45) is 3.45. The number of hydrogen-bond donors (Lipinski definition) is 2. The molecule has 0 aromatic heterocycles. The minimum atomic E-state index is -0.162. The number of hydrogen-bond acceptors (Lipinski definition) is 2. The fourth-order valence-electron chi connectivity index (χ4n) is 2.41. The van der Waals surface area contributed by atoms with Gasteiger partial charge in [-0.05, 0) is 36.5 Å². The molecule has 0 saturated heterocycles. The van der Waals surface area contributed by atoms with Crippen molar-refractivity contribution in [1.29, 1.82) is 0 Å². The van der Waals surface area contributed by atoms with Crippen molar-refractivity contribution in [1.82, 2.24) is 0 Å². The van der Waals surface area contributed by atoms with Gasteiger partial charge >= 0.3 is 0 Å². The Morgan fingerprint density at radius 2 is 1.92 bits per heavy atom. The zero-order chi connectivity index (χ0) is 10.1. The summed E-state index contributed by atoms with van der Waals surface area (Å²) < 4.78 is 0. The minimum absolute atomic E-state index is 0.0966. The number of aliphatic hydroxyl groups is 2. The molecule has 2 N–H and O–H groups in total. The topological polar surface area (TPSA) is 40.5 Å². The zero-order valence-electron chi connectivity index (χ0n) is 9.01. The predicted octanol–water partition coefficient (Wildman–Crippen LogP) is 1.95. The molecule has 1 aliphatic carbocycles. The van der Waals surface area contributed by atoms with Crippen molar-refractivity contribution in [2.45, 2.75) is 52.6 Å². The molecule has 0 unspecified atom stereocenters. The van der Waals surface area contributed by atoms with Crippen molar-refractivity contribution in [3.63, 3.8) is 0 Å². The summed E-state index contributed by atoms with van der Waals surface area (Å²) >= 11 is 0. The lowest BCUT2D eigenvalue weighted by atomic mass is 9.57. The Morgan fingerprint density at radius 1 is 1.31 bits per heavy atom. The molecule has 0 aromatic carbocycles. The largest absolute Gasteiger partial charge is 0.396 e. The van der Waals surface area contributed by atoms with Crippen LogP contribution in [0.15, 0.2) is 0 Å². The van der Waals surface area contributed by atoms with Crippen molar-refractivity contribution in [3.8, 4) is 0 Å². The third-order valence-electron chi connectivity index (χ3n) is 4.09. The molecule has 2 nitrogen and oxygen atoms in total. The van der Waals surface area contributed by atoms with E-state index in [0.29, 0.717) is 0 Å². The van der Waals surface area contributed by atoms with Gasteiger partial charge in [0.1, 0.15) is 0 Å². The monoisotopic (exact) mass is 186 g/mol. The molecule has 0 aromatic rings. The molecule has 0 radical (unpaired) electrons. The molecule has 78 valence electrons. The Kier molecular flexibility index (Phi) is 3.03. The smallest absolute Gasteiger partial charge is 0.0545 e. The fourth-order valence-corrected chi connectivity index (χ4v) is 2.41. The zero-order valence-corrected chi connectivity index (χ0v) is 9.01. The Morgan fingerprint density at radius 3 is 2.46 bits per heavy atom. The van der Waals surface area contributed by atoms with E-state index in [2.05, 4.69) is 20.8 Å². The van der Waals surface area contributed by atoms with Crippen molar-refractivity contribution in [3.05, 3.63) is 0 Å². The molecule has 0 spiro atoms. The van der Waals surface area contributed by atoms with Crippen molar-refractivity contribution in [2.24, 2.45) is 10.8 Å². The third kappa shape index (κ3) is 2.05. The summed E-state index contributed by atoms with van der Waals surface area (Å²) in [7, 11) is 0. The lowest BCUT2D eigenvalue weighted by Crippen LogP contribution is -2.43. The van der Waals surface area contributed by atoms with Gasteiger partial charge in [-0.1, -0.05) is 20.8 Å². The molecular formula is C11H22O2. The van der Waals surface area contributed by atoms with E-state index in [1.165, 1.54) is 0 Å². The summed E-state index contributed by atoms with van der Waals surface area (Å²) in [5.74, 6) is 0. The standard InChI is InChI=1S/C11H22O2/c1-10(2)5-4-9(13)8-11(10,3)6-7-12/h9,12-13H,4-8H2,1-3H3/t9-,11-/m0/s1. The van der Waals surface area contributed by atoms with Crippen LogP contribution in [0.5, 0.6) is 0 Å². The van der Waals surface area contributed by atoms with Gasteiger partial charge in [0.2, 0.25) is 0 Å². The van der Waals surface area contributed by atoms with Gasteiger partial charge in [-0.2, -0.15) is 0 Å². The van der Waals surface area contributed by atoms with E-state index < -0.39 is 0 Å². The van der Waals surface area contributed by atoms with Crippen molar-refractivity contribution < 1.29 is 10.2 Å². The van der Waals surface area contributed by atoms with Crippen LogP contribution in [-0.4, -0.2) is 22.9 Å². The summed E-state index contributed by atoms with van der Waals surface area (Å²) in [4.78, 5) is 0. The van der Waals surface area contributed by atoms with E-state index in [-0.39, 0.29) is 23.5 Å². The van der Waals surface area contributed by atoms with Crippen LogP contribution in [0.2, 0.25) is 0 Å². The van der Waals surface area contributed by atoms with Gasteiger partial charge in [0.05, 0.1) is 6.10 Å². The van der Waals surface area contributed by atoms with Gasteiger partial charge < -0.3 is 10.2 Å². The van der Waals surface area contributed by atoms with Crippen molar-refractivity contribution >= 4 is 0 Å². The molecule has 0 bridgehead atoms. The quantitative estimate of drug-likeness (QED) is 0.692. The molecule has 1 saturated carbocycles. The first kappa shape index (κ1) is 11.0. The van der Waals surface area contributed by atoms with Gasteiger partial charge in [-0.25, -0.2) is 0 Å². The highest BCUT2D eigenvalue weighted by atomic mass is 16.3. The predicted molar refractivity (Wildman–Crippen MR) is 53.4 cm³/mol. The first-order valence-corrected chi connectivity index (χ1v) is 5.20. The van der Waals surface area contributed by atoms with Gasteiger partial charge in [0.15, 0.2) is 0 Å². The maximum Gasteiger partial charge on any atom is 0.0545 e. The molecule has 0 heterocycles. The normalized spacial score (nSPS) is 39.0. The SMILES string of the molecule is CC1(C)CC[C@H](O)C[C@]1(C)CCO. The highest BCUT2D eigenvalue weighted by Gasteiger charge is 2.44. The molecule has 0 aliphatic heterocycles. The maximum atomic E-state index is 9.62. The lowest BCUT2D eigenvalue weighted by molar-refractivity contribution is -0.0496. The average molecular weight is 186 g/mol. The van der Waals surface area contributed by atoms with E-state index in [4.69, 9.17) is 5.11 Å². The third-order valence-corrected chi connectivity index (χ3v) is 4.09. The van der Waals surface area contributed by atoms with Crippen molar-refractivity contribution in [2.75, 3.05) is 6.61 Å². The Labute approximate surface area is 81.0 Å². The summed E-state index contributed by atoms with van der Waals surface area (Å²) in [5.41, 5.74) is 0.342. The summed E-state index contributed by atoms with van der Waals surface area (Å²) in [6.45, 7) is 6.90. The summed E-state index contributed by atoms with van der Waals surface area (Å²) in [5, 5.41) is 18.6. The van der Waals surface area contributed by atoms with Gasteiger partial charge in [0.25, 0.3) is 0 Å². The first-order chi connectivity index (χ1) is 5.91. The Balaban J connectivity index is 2.75. The van der Waals surface area contributed by atoms with Crippen LogP contribution in [0.3, 0.4) is 0 Å². The molecule has 1 fully saturated rings. The molecule has 13 heavy (non-hydrogen) atoms. The second-order valence-electron chi connectivity index (χ2n) is 5.31. The van der Waals surface area contributed by atoms with Gasteiger partial charge in [0, 0.05) is 6.61 Å². The van der Waals surface area contributed by atoms with E-state index in [1.807, 2.05) is 0 Å². The van der Waals surface area contributed by atoms with Crippen LogP contribution < -0.4 is 0 Å². The van der Waals surface area contributed by atoms with Gasteiger partial charge in [-0.3, -0.25) is 0 Å². The highest BCUT2D eigenvalue weighted by Crippen LogP contribution is 2.51. The maximum absolute atomic E-state index is 9.62. The molecule has 1 aliphatic rings. The van der Waals surface area contributed by atoms with Crippen LogP contribution in [0.4, 0.5) is 0 Å².